The van der Waals surface area contributed by atoms with Gasteiger partial charge in [0.2, 0.25) is 0 Å². The third-order valence-corrected chi connectivity index (χ3v) is 4.44. The lowest BCUT2D eigenvalue weighted by Crippen LogP contribution is -2.06. The van der Waals surface area contributed by atoms with Gasteiger partial charge >= 0.3 is 0 Å². The van der Waals surface area contributed by atoms with Crippen LogP contribution in [0, 0.1) is 3.57 Å². The maximum absolute atomic E-state index is 12.5. The molecule has 0 saturated heterocycles. The van der Waals surface area contributed by atoms with Gasteiger partial charge in [-0.15, -0.1) is 0 Å². The summed E-state index contributed by atoms with van der Waals surface area (Å²) < 4.78 is 52.2. The van der Waals surface area contributed by atoms with Gasteiger partial charge in [-0.1, -0.05) is 0 Å². The summed E-state index contributed by atoms with van der Waals surface area (Å²) in [4.78, 5) is 2.63. The Balaban J connectivity index is 3.63. The second kappa shape index (κ2) is 4.96. The summed E-state index contributed by atoms with van der Waals surface area (Å²) in [6.45, 7) is 0. The molecule has 1 aromatic heterocycles. The fraction of sp³-hybridized carbons (Fsp3) is 0.286. The van der Waals surface area contributed by atoms with E-state index in [4.69, 9.17) is 15.4 Å². The number of rotatable bonds is 3. The van der Waals surface area contributed by atoms with E-state index in [1.807, 2.05) is 0 Å². The second-order valence-electron chi connectivity index (χ2n) is 2.59. The topological polar surface area (TPSA) is 56.3 Å². The number of methoxy groups -OCH3 is 1. The lowest BCUT2D eigenvalue weighted by molar-refractivity contribution is 0.142. The molecule has 90 valence electrons. The molecule has 0 radical (unpaired) electrons. The zero-order valence-corrected chi connectivity index (χ0v) is 11.5. The molecular formula is C7H5ClF2INO3S. The lowest BCUT2D eigenvalue weighted by Gasteiger charge is -2.10. The molecule has 1 rings (SSSR count). The number of pyridine rings is 1. The summed E-state index contributed by atoms with van der Waals surface area (Å²) >= 11 is 1.56. The van der Waals surface area contributed by atoms with Crippen LogP contribution in [0.4, 0.5) is 8.78 Å². The Labute approximate surface area is 109 Å². The van der Waals surface area contributed by atoms with Crippen molar-refractivity contribution in [2.75, 3.05) is 7.11 Å². The maximum Gasteiger partial charge on any atom is 0.281 e. The summed E-state index contributed by atoms with van der Waals surface area (Å²) in [5.41, 5.74) is -0.875. The number of hydrogen-bond acceptors (Lipinski definition) is 4. The quantitative estimate of drug-likeness (QED) is 0.595. The highest BCUT2D eigenvalue weighted by atomic mass is 127. The second-order valence-corrected chi connectivity index (χ2v) is 6.17. The van der Waals surface area contributed by atoms with E-state index < -0.39 is 26.1 Å². The van der Waals surface area contributed by atoms with Crippen molar-refractivity contribution < 1.29 is 21.9 Å². The maximum atomic E-state index is 12.5. The van der Waals surface area contributed by atoms with Crippen LogP contribution in [0.2, 0.25) is 0 Å². The smallest absolute Gasteiger partial charge is 0.281 e. The highest BCUT2D eigenvalue weighted by Gasteiger charge is 2.28. The molecule has 0 aliphatic rings. The van der Waals surface area contributed by atoms with Crippen molar-refractivity contribution in [1.29, 1.82) is 0 Å². The van der Waals surface area contributed by atoms with Gasteiger partial charge in [0.15, 0.2) is 5.75 Å². The Bertz CT molecular complexity index is 509. The largest absolute Gasteiger partial charge is 0.494 e. The van der Waals surface area contributed by atoms with Crippen molar-refractivity contribution in [3.63, 3.8) is 0 Å². The Morgan fingerprint density at radius 3 is 2.50 bits per heavy atom. The fourth-order valence-electron chi connectivity index (χ4n) is 0.997. The lowest BCUT2D eigenvalue weighted by atomic mass is 10.3. The Hall–Kier alpha value is -0.220. The molecule has 0 unspecified atom stereocenters. The molecule has 0 atom stereocenters. The summed E-state index contributed by atoms with van der Waals surface area (Å²) in [6, 6.07) is 0. The molecule has 0 spiro atoms. The number of aromatic nitrogens is 1. The first-order chi connectivity index (χ1) is 7.29. The molecule has 0 bridgehead atoms. The Morgan fingerprint density at radius 1 is 1.56 bits per heavy atom. The standard InChI is InChI=1S/C7H5ClF2INO3S/c1-15-3-2-12-5(7(9)10)6(4(3)11)16(8,13)14/h2,7H,1H3. The molecule has 0 aliphatic heterocycles. The minimum atomic E-state index is -4.30. The molecule has 0 amide bonds. The third kappa shape index (κ3) is 2.72. The average Bonchev–Trinajstić information content (AvgIpc) is 2.14. The van der Waals surface area contributed by atoms with Crippen molar-refractivity contribution >= 4 is 42.3 Å². The number of nitrogens with zero attached hydrogens (tertiary/aromatic N) is 1. The van der Waals surface area contributed by atoms with Gasteiger partial charge in [0.1, 0.15) is 10.6 Å². The van der Waals surface area contributed by atoms with Gasteiger partial charge in [-0.25, -0.2) is 22.2 Å². The average molecular weight is 384 g/mol. The molecule has 4 nitrogen and oxygen atoms in total. The molecule has 1 aromatic rings. The van der Waals surface area contributed by atoms with Crippen LogP contribution in [0.25, 0.3) is 0 Å². The van der Waals surface area contributed by atoms with Crippen molar-refractivity contribution in [2.24, 2.45) is 0 Å². The van der Waals surface area contributed by atoms with E-state index in [-0.39, 0.29) is 9.32 Å². The van der Waals surface area contributed by atoms with Crippen LogP contribution < -0.4 is 4.74 Å². The fourth-order valence-corrected chi connectivity index (χ4v) is 4.07. The summed E-state index contributed by atoms with van der Waals surface area (Å²) in [7, 11) is 2.05. The van der Waals surface area contributed by atoms with E-state index in [0.717, 1.165) is 6.20 Å². The van der Waals surface area contributed by atoms with Gasteiger partial charge in [-0.3, -0.25) is 0 Å². The van der Waals surface area contributed by atoms with Crippen LogP contribution in [-0.4, -0.2) is 20.5 Å². The first kappa shape index (κ1) is 13.8. The SMILES string of the molecule is COc1cnc(C(F)F)c(S(=O)(=O)Cl)c1I. The molecule has 16 heavy (non-hydrogen) atoms. The van der Waals surface area contributed by atoms with Gasteiger partial charge in [-0.2, -0.15) is 0 Å². The van der Waals surface area contributed by atoms with E-state index in [1.165, 1.54) is 7.11 Å². The van der Waals surface area contributed by atoms with E-state index in [1.54, 1.807) is 22.6 Å². The molecule has 0 aromatic carbocycles. The monoisotopic (exact) mass is 383 g/mol. The van der Waals surface area contributed by atoms with Gasteiger partial charge in [0.05, 0.1) is 16.9 Å². The molecule has 0 saturated carbocycles. The van der Waals surface area contributed by atoms with Gasteiger partial charge in [-0.05, 0) is 22.6 Å². The molecule has 1 heterocycles. The normalized spacial score (nSPS) is 11.9. The number of ether oxygens (including phenoxy) is 1. The van der Waals surface area contributed by atoms with Gasteiger partial charge in [0, 0.05) is 10.7 Å². The van der Waals surface area contributed by atoms with Crippen molar-refractivity contribution in [3.05, 3.63) is 15.5 Å². The van der Waals surface area contributed by atoms with Gasteiger partial charge < -0.3 is 4.74 Å². The zero-order chi connectivity index (χ0) is 12.5. The molecule has 0 aliphatic carbocycles. The number of alkyl halides is 2. The molecular weight excluding hydrogens is 379 g/mol. The third-order valence-electron chi connectivity index (χ3n) is 1.64. The van der Waals surface area contributed by atoms with Crippen molar-refractivity contribution in [3.8, 4) is 5.75 Å². The van der Waals surface area contributed by atoms with E-state index in [9.17, 15) is 17.2 Å². The highest BCUT2D eigenvalue weighted by Crippen LogP contribution is 2.35. The van der Waals surface area contributed by atoms with E-state index in [0.29, 0.717) is 0 Å². The minimum absolute atomic E-state index is 0.0135. The number of halogens is 4. The minimum Gasteiger partial charge on any atom is -0.494 e. The van der Waals surface area contributed by atoms with Crippen LogP contribution in [0.3, 0.4) is 0 Å². The van der Waals surface area contributed by atoms with Crippen molar-refractivity contribution in [1.82, 2.24) is 4.98 Å². The molecule has 0 fully saturated rings. The first-order valence-corrected chi connectivity index (χ1v) is 7.13. The van der Waals surface area contributed by atoms with Gasteiger partial charge in [0.25, 0.3) is 15.5 Å². The predicted octanol–water partition coefficient (Wildman–Crippen LogP) is 2.56. The van der Waals surface area contributed by atoms with E-state index in [2.05, 4.69) is 4.98 Å². The first-order valence-electron chi connectivity index (χ1n) is 3.74. The van der Waals surface area contributed by atoms with Crippen LogP contribution in [0.15, 0.2) is 11.1 Å². The molecule has 0 N–H and O–H groups in total. The number of hydrogen-bond donors (Lipinski definition) is 0. The van der Waals surface area contributed by atoms with Crippen LogP contribution in [0.5, 0.6) is 5.75 Å². The summed E-state index contributed by atoms with van der Waals surface area (Å²) in [6.07, 6.45) is -2.00. The summed E-state index contributed by atoms with van der Waals surface area (Å²) in [5.74, 6) is 0.0734. The summed E-state index contributed by atoms with van der Waals surface area (Å²) in [5, 5.41) is 0. The predicted molar refractivity (Wildman–Crippen MR) is 61.5 cm³/mol. The molecule has 9 heteroatoms. The Morgan fingerprint density at radius 2 is 2.12 bits per heavy atom. The van der Waals surface area contributed by atoms with E-state index >= 15 is 0 Å². The highest BCUT2D eigenvalue weighted by molar-refractivity contribution is 14.1. The van der Waals surface area contributed by atoms with Crippen LogP contribution in [-0.2, 0) is 9.05 Å². The van der Waals surface area contributed by atoms with Crippen LogP contribution >= 0.6 is 33.3 Å². The Kier molecular flexibility index (Phi) is 4.29. The zero-order valence-electron chi connectivity index (χ0n) is 7.75. The van der Waals surface area contributed by atoms with Crippen molar-refractivity contribution in [2.45, 2.75) is 11.3 Å². The van der Waals surface area contributed by atoms with Crippen LogP contribution in [0.1, 0.15) is 12.1 Å².